The third-order valence-electron chi connectivity index (χ3n) is 10.3. The Bertz CT molecular complexity index is 3170. The summed E-state index contributed by atoms with van der Waals surface area (Å²) in [5.41, 5.74) is 12.2. The van der Waals surface area contributed by atoms with E-state index in [1.54, 1.807) is 0 Å². The number of nitrogens with one attached hydrogen (secondary N) is 1. The first-order chi connectivity index (χ1) is 24.2. The number of hydrogen-bond acceptors (Lipinski definition) is 1. The number of aryl methyl sites for hydroxylation is 1. The van der Waals surface area contributed by atoms with Crippen LogP contribution in [0.4, 0.5) is 0 Å². The van der Waals surface area contributed by atoms with Crippen LogP contribution in [-0.2, 0) is 0 Å². The number of hydrogen-bond donors (Lipinski definition) is 1. The molecule has 0 atom stereocenters. The van der Waals surface area contributed by atoms with Gasteiger partial charge in [-0.3, -0.25) is 14.6 Å². The second-order valence-corrected chi connectivity index (χ2v) is 13.0. The molecular weight excluding hydrogens is 599 g/mol. The summed E-state index contributed by atoms with van der Waals surface area (Å²) in [6.07, 6.45) is 0. The van der Waals surface area contributed by atoms with E-state index in [9.17, 15) is 0 Å². The van der Waals surface area contributed by atoms with Gasteiger partial charge in [0.1, 0.15) is 0 Å². The van der Waals surface area contributed by atoms with Crippen molar-refractivity contribution in [3.05, 3.63) is 157 Å². The highest BCUT2D eigenvalue weighted by molar-refractivity contribution is 6.21. The highest BCUT2D eigenvalue weighted by Crippen LogP contribution is 2.40. The van der Waals surface area contributed by atoms with Gasteiger partial charge in [0, 0.05) is 54.8 Å². The van der Waals surface area contributed by atoms with Gasteiger partial charge < -0.3 is 9.13 Å². The molecule has 0 unspecified atom stereocenters. The predicted octanol–water partition coefficient (Wildman–Crippen LogP) is 11.2. The van der Waals surface area contributed by atoms with Crippen LogP contribution in [0.5, 0.6) is 0 Å². The Kier molecular flexibility index (Phi) is 5.25. The van der Waals surface area contributed by atoms with Crippen LogP contribution >= 0.6 is 0 Å². The lowest BCUT2D eigenvalue weighted by atomic mass is 10.1. The zero-order valence-corrected chi connectivity index (χ0v) is 26.7. The van der Waals surface area contributed by atoms with Crippen LogP contribution in [0.3, 0.4) is 0 Å². The van der Waals surface area contributed by atoms with E-state index in [4.69, 9.17) is 4.98 Å². The smallest absolute Gasteiger partial charge is 0.0882 e. The van der Waals surface area contributed by atoms with Gasteiger partial charge >= 0.3 is 0 Å². The van der Waals surface area contributed by atoms with E-state index < -0.39 is 0 Å². The number of para-hydroxylation sites is 6. The topological polar surface area (TPSA) is 43.0 Å². The molecule has 0 aliphatic carbocycles. The average molecular weight is 628 g/mol. The molecule has 11 aromatic rings. The Morgan fingerprint density at radius 3 is 1.88 bits per heavy atom. The summed E-state index contributed by atoms with van der Waals surface area (Å²) < 4.78 is 7.10. The number of aromatic nitrogens is 5. The first-order valence-corrected chi connectivity index (χ1v) is 16.7. The van der Waals surface area contributed by atoms with Crippen molar-refractivity contribution in [3.63, 3.8) is 0 Å². The van der Waals surface area contributed by atoms with Crippen molar-refractivity contribution < 1.29 is 0 Å². The fraction of sp³-hybridized carbons (Fsp3) is 0.0227. The van der Waals surface area contributed by atoms with Crippen molar-refractivity contribution in [1.82, 2.24) is 23.7 Å². The van der Waals surface area contributed by atoms with Crippen molar-refractivity contribution >= 4 is 81.8 Å². The maximum atomic E-state index is 5.04. The molecule has 0 bridgehead atoms. The Labute approximate surface area is 280 Å². The van der Waals surface area contributed by atoms with E-state index in [2.05, 4.69) is 171 Å². The van der Waals surface area contributed by atoms with E-state index in [1.807, 2.05) is 6.07 Å². The van der Waals surface area contributed by atoms with Crippen LogP contribution in [-0.4, -0.2) is 23.7 Å². The van der Waals surface area contributed by atoms with Crippen LogP contribution in [0.25, 0.3) is 93.2 Å². The van der Waals surface area contributed by atoms with E-state index in [0.29, 0.717) is 0 Å². The summed E-state index contributed by atoms with van der Waals surface area (Å²) in [7, 11) is 0. The molecule has 0 fully saturated rings. The van der Waals surface area contributed by atoms with Crippen LogP contribution in [0.15, 0.2) is 152 Å². The number of H-pyrrole nitrogens is 1. The Morgan fingerprint density at radius 2 is 1.04 bits per heavy atom. The van der Waals surface area contributed by atoms with Crippen molar-refractivity contribution in [3.8, 4) is 11.4 Å². The summed E-state index contributed by atoms with van der Waals surface area (Å²) in [5.74, 6) is 0. The van der Waals surface area contributed by atoms with Gasteiger partial charge in [-0.2, -0.15) is 0 Å². The molecule has 0 radical (unpaired) electrons. The van der Waals surface area contributed by atoms with Gasteiger partial charge in [0.25, 0.3) is 0 Å². The third-order valence-corrected chi connectivity index (χ3v) is 10.3. The van der Waals surface area contributed by atoms with Gasteiger partial charge in [-0.05, 0) is 67.6 Å². The summed E-state index contributed by atoms with van der Waals surface area (Å²) >= 11 is 0. The molecule has 0 saturated heterocycles. The van der Waals surface area contributed by atoms with E-state index in [1.165, 1.54) is 54.4 Å². The molecule has 5 nitrogen and oxygen atoms in total. The minimum absolute atomic E-state index is 0.932. The molecule has 5 heteroatoms. The Balaban J connectivity index is 1.29. The molecule has 0 spiro atoms. The number of fused-ring (bicyclic) bond motifs is 10. The lowest BCUT2D eigenvalue weighted by Gasteiger charge is -2.11. The molecule has 1 N–H and O–H groups in total. The normalized spacial score (nSPS) is 12.2. The fourth-order valence-electron chi connectivity index (χ4n) is 8.19. The number of benzene rings is 7. The molecule has 230 valence electrons. The molecular formula is C44H29N5. The van der Waals surface area contributed by atoms with E-state index in [0.717, 1.165) is 44.5 Å². The van der Waals surface area contributed by atoms with Crippen LogP contribution in [0.1, 0.15) is 5.69 Å². The molecule has 49 heavy (non-hydrogen) atoms. The standard InChI is InChI=1S/C44H29N5/c1-27-30-16-11-17-34-36-25-35-32-15-6-10-21-40(32)48(42(35)26-43(36)49(44(30)34)46-38-19-8-7-18-37(38)45-27)29-22-23-33-31-14-5-9-20-39(31)47(41(33)24-29)28-12-3-2-4-13-28/h2-26,46H,1H3. The lowest BCUT2D eigenvalue weighted by molar-refractivity contribution is 1.02. The summed E-state index contributed by atoms with van der Waals surface area (Å²) in [5, 5.41) is 12.3. The van der Waals surface area contributed by atoms with Gasteiger partial charge in [0.15, 0.2) is 0 Å². The molecule has 4 heterocycles. The maximum Gasteiger partial charge on any atom is 0.0882 e. The van der Waals surface area contributed by atoms with Crippen molar-refractivity contribution in [2.24, 2.45) is 0 Å². The number of nitrogens with zero attached hydrogens (tertiary/aromatic N) is 4. The minimum Gasteiger partial charge on any atom is -0.309 e. The minimum atomic E-state index is 0.932. The largest absolute Gasteiger partial charge is 0.309 e. The van der Waals surface area contributed by atoms with Crippen molar-refractivity contribution in [1.29, 1.82) is 0 Å². The fourth-order valence-corrected chi connectivity index (χ4v) is 8.19. The summed E-state index contributed by atoms with van der Waals surface area (Å²) in [4.78, 5) is 5.04. The zero-order valence-electron chi connectivity index (χ0n) is 26.7. The summed E-state index contributed by atoms with van der Waals surface area (Å²) in [6.45, 7) is 2.11. The van der Waals surface area contributed by atoms with E-state index >= 15 is 0 Å². The van der Waals surface area contributed by atoms with Gasteiger partial charge in [-0.25, -0.2) is 0 Å². The molecule has 11 rings (SSSR count). The predicted molar refractivity (Wildman–Crippen MR) is 204 cm³/mol. The molecule has 7 aromatic carbocycles. The Hall–Kier alpha value is -6.59. The monoisotopic (exact) mass is 627 g/mol. The SMILES string of the molecule is Cc1nc2ccccc2[nH]n2c3cc4c(cc3c3cccc1c32)c1ccccc1n4-c1ccc2c3ccccc3n(-c3ccccc3)c2c1. The average Bonchev–Trinajstić information content (AvgIpc) is 3.76. The Morgan fingerprint density at radius 1 is 0.429 bits per heavy atom. The number of rotatable bonds is 2. The molecule has 0 aliphatic rings. The molecule has 4 aromatic heterocycles. The lowest BCUT2D eigenvalue weighted by Crippen LogP contribution is -1.97. The highest BCUT2D eigenvalue weighted by atomic mass is 15.2. The van der Waals surface area contributed by atoms with Crippen LogP contribution in [0.2, 0.25) is 0 Å². The highest BCUT2D eigenvalue weighted by Gasteiger charge is 2.20. The van der Waals surface area contributed by atoms with Gasteiger partial charge in [-0.1, -0.05) is 91.0 Å². The quantitative estimate of drug-likeness (QED) is 0.204. The summed E-state index contributed by atoms with van der Waals surface area (Å²) in [6, 6.07) is 54.7. The first-order valence-electron chi connectivity index (χ1n) is 16.7. The first kappa shape index (κ1) is 26.5. The van der Waals surface area contributed by atoms with Crippen LogP contribution in [0, 0.1) is 6.92 Å². The second kappa shape index (κ2) is 9.72. The zero-order chi connectivity index (χ0) is 32.2. The molecule has 0 aliphatic heterocycles. The molecule has 0 saturated carbocycles. The van der Waals surface area contributed by atoms with Crippen molar-refractivity contribution in [2.75, 3.05) is 0 Å². The maximum absolute atomic E-state index is 5.04. The van der Waals surface area contributed by atoms with E-state index in [-0.39, 0.29) is 0 Å². The van der Waals surface area contributed by atoms with Gasteiger partial charge in [0.05, 0.1) is 44.1 Å². The third kappa shape index (κ3) is 3.61. The molecule has 0 amide bonds. The van der Waals surface area contributed by atoms with Crippen LogP contribution < -0.4 is 0 Å². The van der Waals surface area contributed by atoms with Gasteiger partial charge in [0.2, 0.25) is 0 Å². The van der Waals surface area contributed by atoms with Gasteiger partial charge in [-0.15, -0.1) is 0 Å². The van der Waals surface area contributed by atoms with Crippen molar-refractivity contribution in [2.45, 2.75) is 6.92 Å². The number of aromatic amines is 1. The second-order valence-electron chi connectivity index (χ2n) is 13.0.